The first-order valence-corrected chi connectivity index (χ1v) is 11.2. The molecule has 164 valence electrons. The summed E-state index contributed by atoms with van der Waals surface area (Å²) < 4.78 is 52.9. The van der Waals surface area contributed by atoms with Gasteiger partial charge >= 0.3 is 0 Å². The van der Waals surface area contributed by atoms with Crippen molar-refractivity contribution in [2.45, 2.75) is 49.4 Å². The molecule has 2 aromatic rings. The first kappa shape index (κ1) is 22.9. The van der Waals surface area contributed by atoms with Crippen LogP contribution in [0.15, 0.2) is 59.5 Å². The zero-order chi connectivity index (χ0) is 21.6. The zero-order valence-electron chi connectivity index (χ0n) is 17.4. The van der Waals surface area contributed by atoms with Crippen LogP contribution in [0.4, 0.5) is 0 Å². The minimum absolute atomic E-state index is 0.113. The van der Waals surface area contributed by atoms with E-state index in [0.29, 0.717) is 13.0 Å². The molecule has 1 aliphatic rings. The van der Waals surface area contributed by atoms with Gasteiger partial charge in [-0.1, -0.05) is 48.0 Å². The second-order valence-corrected chi connectivity index (χ2v) is 8.80. The monoisotopic (exact) mass is 436 g/mol. The van der Waals surface area contributed by atoms with E-state index in [4.69, 9.17) is 23.1 Å². The minimum atomic E-state index is -3.87. The Labute approximate surface area is 178 Å². The molecule has 0 N–H and O–H groups in total. The number of hydrogen-bond acceptors (Lipinski definition) is 7. The zero-order valence-corrected chi connectivity index (χ0v) is 18.2. The number of hydrogen-bond donors (Lipinski definition) is 0. The number of benzene rings is 2. The van der Waals surface area contributed by atoms with E-state index in [-0.39, 0.29) is 17.6 Å². The predicted octanol–water partition coefficient (Wildman–Crippen LogP) is 3.06. The van der Waals surface area contributed by atoms with Crippen LogP contribution >= 0.6 is 0 Å². The van der Waals surface area contributed by atoms with E-state index in [2.05, 4.69) is 0 Å². The highest BCUT2D eigenvalue weighted by atomic mass is 32.2. The van der Waals surface area contributed by atoms with Gasteiger partial charge in [-0.2, -0.15) is 8.42 Å². The number of rotatable bonds is 10. The van der Waals surface area contributed by atoms with Crippen LogP contribution in [0.1, 0.15) is 17.5 Å². The number of aryl methyl sites for hydroxylation is 1. The molecular weight excluding hydrogens is 408 g/mol. The second-order valence-electron chi connectivity index (χ2n) is 7.18. The van der Waals surface area contributed by atoms with Crippen molar-refractivity contribution < 1.29 is 31.5 Å². The Morgan fingerprint density at radius 3 is 2.33 bits per heavy atom. The molecule has 0 spiro atoms. The van der Waals surface area contributed by atoms with E-state index in [9.17, 15) is 8.42 Å². The van der Waals surface area contributed by atoms with E-state index in [1.807, 2.05) is 37.3 Å². The Kier molecular flexibility index (Phi) is 7.99. The molecule has 0 aliphatic carbocycles. The smallest absolute Gasteiger partial charge is 0.297 e. The Hall–Kier alpha value is -1.81. The first-order valence-electron chi connectivity index (χ1n) is 9.75. The summed E-state index contributed by atoms with van der Waals surface area (Å²) in [5.74, 6) is 0. The second kappa shape index (κ2) is 10.5. The summed E-state index contributed by atoms with van der Waals surface area (Å²) >= 11 is 0. The van der Waals surface area contributed by atoms with Gasteiger partial charge in [0.2, 0.25) is 0 Å². The molecular formula is C22H28O7S. The molecule has 1 saturated heterocycles. The molecule has 30 heavy (non-hydrogen) atoms. The molecule has 0 radical (unpaired) electrons. The van der Waals surface area contributed by atoms with E-state index in [1.165, 1.54) is 26.4 Å². The fraction of sp³-hybridized carbons (Fsp3) is 0.455. The van der Waals surface area contributed by atoms with Gasteiger partial charge in [0.1, 0.15) is 6.10 Å². The van der Waals surface area contributed by atoms with Crippen molar-refractivity contribution in [1.82, 2.24) is 0 Å². The maximum Gasteiger partial charge on any atom is 0.297 e. The molecule has 0 bridgehead atoms. The lowest BCUT2D eigenvalue weighted by molar-refractivity contribution is -0.199. The lowest BCUT2D eigenvalue weighted by Crippen LogP contribution is -2.38. The van der Waals surface area contributed by atoms with Gasteiger partial charge in [-0.05, 0) is 24.6 Å². The SMILES string of the molecule is COC(OC)[C@@H]1O[C@@H](COS(=O)(=O)c2ccc(C)cc2)C[C@@H]1OCc1ccccc1. The van der Waals surface area contributed by atoms with Crippen molar-refractivity contribution in [1.29, 1.82) is 0 Å². The molecule has 8 heteroatoms. The molecule has 2 aromatic carbocycles. The maximum atomic E-state index is 12.5. The van der Waals surface area contributed by atoms with Gasteiger partial charge in [0.25, 0.3) is 10.1 Å². The summed E-state index contributed by atoms with van der Waals surface area (Å²) in [7, 11) is -0.819. The Balaban J connectivity index is 1.63. The van der Waals surface area contributed by atoms with Crippen LogP contribution < -0.4 is 0 Å². The minimum Gasteiger partial charge on any atom is -0.371 e. The van der Waals surface area contributed by atoms with Crippen molar-refractivity contribution >= 4 is 10.1 Å². The summed E-state index contributed by atoms with van der Waals surface area (Å²) in [5.41, 5.74) is 2.00. The van der Waals surface area contributed by atoms with Gasteiger partial charge in [0.15, 0.2) is 6.29 Å². The maximum absolute atomic E-state index is 12.5. The molecule has 0 amide bonds. The van der Waals surface area contributed by atoms with Crippen molar-refractivity contribution in [2.24, 2.45) is 0 Å². The summed E-state index contributed by atoms with van der Waals surface area (Å²) in [6.45, 7) is 2.18. The Bertz CT molecular complexity index is 879. The van der Waals surface area contributed by atoms with Crippen LogP contribution in [0.2, 0.25) is 0 Å². The van der Waals surface area contributed by atoms with Crippen LogP contribution in [-0.2, 0) is 39.9 Å². The Morgan fingerprint density at radius 1 is 1.03 bits per heavy atom. The lowest BCUT2D eigenvalue weighted by Gasteiger charge is -2.25. The normalized spacial score (nSPS) is 21.9. The number of ether oxygens (including phenoxy) is 4. The van der Waals surface area contributed by atoms with Gasteiger partial charge in [0, 0.05) is 20.6 Å². The van der Waals surface area contributed by atoms with Crippen LogP contribution in [0, 0.1) is 6.92 Å². The van der Waals surface area contributed by atoms with Gasteiger partial charge in [0.05, 0.1) is 30.3 Å². The fourth-order valence-corrected chi connectivity index (χ4v) is 4.29. The highest BCUT2D eigenvalue weighted by molar-refractivity contribution is 7.86. The summed E-state index contributed by atoms with van der Waals surface area (Å²) in [4.78, 5) is 0.117. The van der Waals surface area contributed by atoms with Crippen LogP contribution in [0.3, 0.4) is 0 Å². The molecule has 1 fully saturated rings. The fourth-order valence-electron chi connectivity index (χ4n) is 3.35. The van der Waals surface area contributed by atoms with E-state index < -0.39 is 28.6 Å². The topological polar surface area (TPSA) is 80.3 Å². The average Bonchev–Trinajstić information content (AvgIpc) is 3.16. The van der Waals surface area contributed by atoms with Gasteiger partial charge in [-0.25, -0.2) is 0 Å². The largest absolute Gasteiger partial charge is 0.371 e. The van der Waals surface area contributed by atoms with Crippen molar-refractivity contribution in [3.8, 4) is 0 Å². The van der Waals surface area contributed by atoms with Crippen LogP contribution in [0.5, 0.6) is 0 Å². The van der Waals surface area contributed by atoms with Gasteiger partial charge < -0.3 is 18.9 Å². The highest BCUT2D eigenvalue weighted by Gasteiger charge is 2.42. The molecule has 0 unspecified atom stereocenters. The third kappa shape index (κ3) is 5.87. The van der Waals surface area contributed by atoms with E-state index >= 15 is 0 Å². The summed E-state index contributed by atoms with van der Waals surface area (Å²) in [6, 6.07) is 16.3. The van der Waals surface area contributed by atoms with Gasteiger partial charge in [-0.3, -0.25) is 4.18 Å². The average molecular weight is 437 g/mol. The summed E-state index contributed by atoms with van der Waals surface area (Å²) in [6.07, 6.45) is -1.47. The summed E-state index contributed by atoms with van der Waals surface area (Å²) in [5, 5.41) is 0. The molecule has 1 aliphatic heterocycles. The van der Waals surface area contributed by atoms with Crippen LogP contribution in [-0.4, -0.2) is 53.8 Å². The standard InChI is InChI=1S/C22H28O7S/c1-16-9-11-19(12-10-16)30(23,24)28-15-18-13-20(21(29-18)22(25-2)26-3)27-14-17-7-5-4-6-8-17/h4-12,18,20-22H,13-15H2,1-3H3/t18-,20+,21-/m1/s1. The predicted molar refractivity (Wildman–Crippen MR) is 110 cm³/mol. The van der Waals surface area contributed by atoms with Gasteiger partial charge in [-0.15, -0.1) is 0 Å². The first-order chi connectivity index (χ1) is 14.4. The number of methoxy groups -OCH3 is 2. The van der Waals surface area contributed by atoms with Crippen LogP contribution in [0.25, 0.3) is 0 Å². The third-order valence-electron chi connectivity index (χ3n) is 4.97. The third-order valence-corrected chi connectivity index (χ3v) is 6.27. The molecule has 0 aromatic heterocycles. The van der Waals surface area contributed by atoms with E-state index in [0.717, 1.165) is 11.1 Å². The van der Waals surface area contributed by atoms with Crippen molar-refractivity contribution in [3.63, 3.8) is 0 Å². The molecule has 3 atom stereocenters. The molecule has 7 nitrogen and oxygen atoms in total. The van der Waals surface area contributed by atoms with Crippen molar-refractivity contribution in [2.75, 3.05) is 20.8 Å². The Morgan fingerprint density at radius 2 is 1.70 bits per heavy atom. The highest BCUT2D eigenvalue weighted by Crippen LogP contribution is 2.29. The molecule has 3 rings (SSSR count). The molecule has 0 saturated carbocycles. The van der Waals surface area contributed by atoms with Crippen molar-refractivity contribution in [3.05, 3.63) is 65.7 Å². The quantitative estimate of drug-likeness (QED) is 0.418. The lowest BCUT2D eigenvalue weighted by atomic mass is 10.1. The van der Waals surface area contributed by atoms with E-state index in [1.54, 1.807) is 12.1 Å². The molecule has 1 heterocycles.